The third kappa shape index (κ3) is 1.71. The first-order chi connectivity index (χ1) is 7.18. The number of hydrogen-bond donors (Lipinski definition) is 2. The van der Waals surface area contributed by atoms with Crippen molar-refractivity contribution in [3.05, 3.63) is 48.0 Å². The van der Waals surface area contributed by atoms with E-state index in [4.69, 9.17) is 11.1 Å². The lowest BCUT2D eigenvalue weighted by Crippen LogP contribution is -2.12. The largest absolute Gasteiger partial charge is 0.384 e. The second-order valence-corrected chi connectivity index (χ2v) is 3.03. The molecule has 0 saturated carbocycles. The Balaban J connectivity index is 2.48. The molecule has 0 unspecified atom stereocenters. The quantitative estimate of drug-likeness (QED) is 0.571. The van der Waals surface area contributed by atoms with Crippen molar-refractivity contribution in [1.29, 1.82) is 5.41 Å². The second-order valence-electron chi connectivity index (χ2n) is 3.03. The predicted octanol–water partition coefficient (Wildman–Crippen LogP) is 1.30. The van der Waals surface area contributed by atoms with Crippen molar-refractivity contribution in [3.63, 3.8) is 0 Å². The van der Waals surface area contributed by atoms with Crippen LogP contribution in [0.3, 0.4) is 0 Å². The number of amidine groups is 1. The van der Waals surface area contributed by atoms with Gasteiger partial charge in [-0.1, -0.05) is 0 Å². The number of hydrogen-bond acceptors (Lipinski definition) is 2. The molecule has 0 radical (unpaired) electrons. The van der Waals surface area contributed by atoms with Gasteiger partial charge in [0.1, 0.15) is 17.3 Å². The van der Waals surface area contributed by atoms with Gasteiger partial charge in [-0.25, -0.2) is 9.07 Å². The Labute approximate surface area is 85.7 Å². The summed E-state index contributed by atoms with van der Waals surface area (Å²) in [6, 6.07) is 6.05. The third-order valence-electron chi connectivity index (χ3n) is 2.01. The first kappa shape index (κ1) is 9.39. The summed E-state index contributed by atoms with van der Waals surface area (Å²) in [6.07, 6.45) is 3.21. The van der Waals surface area contributed by atoms with E-state index in [1.54, 1.807) is 30.6 Å². The highest BCUT2D eigenvalue weighted by Gasteiger charge is 2.06. The molecule has 0 aliphatic carbocycles. The maximum absolute atomic E-state index is 13.6. The van der Waals surface area contributed by atoms with Crippen LogP contribution in [0.15, 0.2) is 36.7 Å². The minimum Gasteiger partial charge on any atom is -0.384 e. The molecule has 0 atom stereocenters. The van der Waals surface area contributed by atoms with Crippen molar-refractivity contribution in [2.24, 2.45) is 5.73 Å². The molecule has 15 heavy (non-hydrogen) atoms. The zero-order valence-corrected chi connectivity index (χ0v) is 7.81. The zero-order valence-electron chi connectivity index (χ0n) is 7.81. The molecule has 2 rings (SSSR count). The van der Waals surface area contributed by atoms with Gasteiger partial charge in [-0.15, -0.1) is 0 Å². The first-order valence-corrected chi connectivity index (χ1v) is 4.32. The minimum atomic E-state index is -0.452. The molecule has 0 bridgehead atoms. The second kappa shape index (κ2) is 3.53. The third-order valence-corrected chi connectivity index (χ3v) is 2.01. The van der Waals surface area contributed by atoms with Crippen molar-refractivity contribution in [2.75, 3.05) is 0 Å². The van der Waals surface area contributed by atoms with Gasteiger partial charge in [-0.3, -0.25) is 5.41 Å². The van der Waals surface area contributed by atoms with Crippen LogP contribution < -0.4 is 5.73 Å². The molecule has 76 valence electrons. The highest BCUT2D eigenvalue weighted by Crippen LogP contribution is 2.13. The predicted molar refractivity (Wildman–Crippen MR) is 54.5 cm³/mol. The summed E-state index contributed by atoms with van der Waals surface area (Å²) in [7, 11) is 0. The van der Waals surface area contributed by atoms with E-state index in [0.29, 0.717) is 11.3 Å². The highest BCUT2D eigenvalue weighted by molar-refractivity contribution is 5.95. The molecule has 0 saturated heterocycles. The Hall–Kier alpha value is -2.17. The Morgan fingerprint density at radius 2 is 2.27 bits per heavy atom. The smallest absolute Gasteiger partial charge is 0.149 e. The first-order valence-electron chi connectivity index (χ1n) is 4.32. The number of nitrogens with one attached hydrogen (secondary N) is 1. The van der Waals surface area contributed by atoms with Crippen LogP contribution in [-0.2, 0) is 0 Å². The minimum absolute atomic E-state index is 0.152. The Morgan fingerprint density at radius 3 is 2.80 bits per heavy atom. The number of nitrogen functional groups attached to an aromatic ring is 1. The molecule has 0 fully saturated rings. The molecule has 2 aromatic rings. The van der Waals surface area contributed by atoms with Gasteiger partial charge in [-0.2, -0.15) is 5.10 Å². The van der Waals surface area contributed by atoms with Crippen molar-refractivity contribution in [1.82, 2.24) is 9.78 Å². The van der Waals surface area contributed by atoms with Crippen LogP contribution in [-0.4, -0.2) is 15.6 Å². The molecule has 0 spiro atoms. The van der Waals surface area contributed by atoms with Crippen molar-refractivity contribution < 1.29 is 4.39 Å². The van der Waals surface area contributed by atoms with Gasteiger partial charge in [0, 0.05) is 18.0 Å². The van der Waals surface area contributed by atoms with Crippen LogP contribution in [0.25, 0.3) is 5.69 Å². The topological polar surface area (TPSA) is 67.7 Å². The Bertz CT molecular complexity index is 490. The molecule has 0 aliphatic heterocycles. The lowest BCUT2D eigenvalue weighted by molar-refractivity contribution is 0.610. The van der Waals surface area contributed by atoms with Crippen LogP contribution in [0.4, 0.5) is 4.39 Å². The zero-order chi connectivity index (χ0) is 10.8. The summed E-state index contributed by atoms with van der Waals surface area (Å²) in [5.41, 5.74) is 5.95. The van der Waals surface area contributed by atoms with E-state index in [1.807, 2.05) is 0 Å². The van der Waals surface area contributed by atoms with Gasteiger partial charge >= 0.3 is 0 Å². The van der Waals surface area contributed by atoms with E-state index < -0.39 is 5.82 Å². The maximum Gasteiger partial charge on any atom is 0.149 e. The number of rotatable bonds is 2. The molecule has 1 heterocycles. The molecular weight excluding hydrogens is 195 g/mol. The van der Waals surface area contributed by atoms with Gasteiger partial charge in [0.05, 0.1) is 0 Å². The van der Waals surface area contributed by atoms with Crippen LogP contribution in [0.5, 0.6) is 0 Å². The average Bonchev–Trinajstić information content (AvgIpc) is 2.70. The molecule has 0 aliphatic rings. The monoisotopic (exact) mass is 204 g/mol. The van der Waals surface area contributed by atoms with E-state index in [0.717, 1.165) is 0 Å². The molecule has 1 aromatic carbocycles. The van der Waals surface area contributed by atoms with Crippen LogP contribution in [0.2, 0.25) is 0 Å². The maximum atomic E-state index is 13.6. The van der Waals surface area contributed by atoms with Gasteiger partial charge in [0.25, 0.3) is 0 Å². The summed E-state index contributed by atoms with van der Waals surface area (Å²) in [5, 5.41) is 11.1. The summed E-state index contributed by atoms with van der Waals surface area (Å²) in [4.78, 5) is 0. The SMILES string of the molecule is N=C(N)c1ccc(-n2cccn2)c(F)c1. The normalized spacial score (nSPS) is 10.2. The van der Waals surface area contributed by atoms with Crippen LogP contribution in [0, 0.1) is 11.2 Å². The fourth-order valence-electron chi connectivity index (χ4n) is 1.27. The van der Waals surface area contributed by atoms with Gasteiger partial charge in [0.15, 0.2) is 0 Å². The molecule has 3 N–H and O–H groups in total. The number of halogens is 1. The molecular formula is C10H9FN4. The molecule has 1 aromatic heterocycles. The van der Waals surface area contributed by atoms with E-state index in [-0.39, 0.29) is 5.84 Å². The van der Waals surface area contributed by atoms with Crippen molar-refractivity contribution in [2.45, 2.75) is 0 Å². The number of aromatic nitrogens is 2. The molecule has 0 amide bonds. The van der Waals surface area contributed by atoms with Gasteiger partial charge in [-0.05, 0) is 24.3 Å². The number of benzene rings is 1. The van der Waals surface area contributed by atoms with Gasteiger partial charge < -0.3 is 5.73 Å². The average molecular weight is 204 g/mol. The summed E-state index contributed by atoms with van der Waals surface area (Å²) < 4.78 is 15.0. The van der Waals surface area contributed by atoms with Crippen LogP contribution in [0.1, 0.15) is 5.56 Å². The lowest BCUT2D eigenvalue weighted by atomic mass is 10.2. The van der Waals surface area contributed by atoms with Gasteiger partial charge in [0.2, 0.25) is 0 Å². The molecule has 4 nitrogen and oxygen atoms in total. The lowest BCUT2D eigenvalue weighted by Gasteiger charge is -2.04. The summed E-state index contributed by atoms with van der Waals surface area (Å²) in [5.74, 6) is -0.604. The van der Waals surface area contributed by atoms with E-state index in [1.165, 1.54) is 10.7 Å². The highest BCUT2D eigenvalue weighted by atomic mass is 19.1. The fraction of sp³-hybridized carbons (Fsp3) is 0. The van der Waals surface area contributed by atoms with E-state index in [2.05, 4.69) is 5.10 Å². The number of nitrogens with zero attached hydrogens (tertiary/aromatic N) is 2. The fourth-order valence-corrected chi connectivity index (χ4v) is 1.27. The van der Waals surface area contributed by atoms with E-state index >= 15 is 0 Å². The Morgan fingerprint density at radius 1 is 1.47 bits per heavy atom. The molecule has 5 heteroatoms. The number of nitrogens with two attached hydrogens (primary N) is 1. The van der Waals surface area contributed by atoms with Crippen molar-refractivity contribution >= 4 is 5.84 Å². The van der Waals surface area contributed by atoms with Crippen LogP contribution >= 0.6 is 0 Å². The summed E-state index contributed by atoms with van der Waals surface area (Å²) in [6.45, 7) is 0. The van der Waals surface area contributed by atoms with E-state index in [9.17, 15) is 4.39 Å². The summed E-state index contributed by atoms with van der Waals surface area (Å²) >= 11 is 0. The van der Waals surface area contributed by atoms with Crippen molar-refractivity contribution in [3.8, 4) is 5.69 Å². The standard InChI is InChI=1S/C10H9FN4/c11-8-6-7(10(12)13)2-3-9(8)15-5-1-4-14-15/h1-6H,(H3,12,13). The Kier molecular flexibility index (Phi) is 2.21.